The number of halogens is 1. The molecule has 1 aliphatic rings. The molecule has 4 heteroatoms. The number of amides is 1. The first kappa shape index (κ1) is 15.0. The number of hydrogen-bond donors (Lipinski definition) is 1. The molecule has 1 aromatic carbocycles. The quantitative estimate of drug-likeness (QED) is 0.830. The van der Waals surface area contributed by atoms with Crippen molar-refractivity contribution in [2.24, 2.45) is 5.92 Å². The van der Waals surface area contributed by atoms with Crippen molar-refractivity contribution >= 4 is 11.6 Å². The fourth-order valence-corrected chi connectivity index (χ4v) is 2.19. The first-order valence-electron chi connectivity index (χ1n) is 7.34. The molecular formula is C16H23FN2O. The van der Waals surface area contributed by atoms with E-state index in [9.17, 15) is 9.18 Å². The summed E-state index contributed by atoms with van der Waals surface area (Å²) >= 11 is 0. The van der Waals surface area contributed by atoms with Crippen LogP contribution in [-0.4, -0.2) is 29.9 Å². The van der Waals surface area contributed by atoms with Gasteiger partial charge in [-0.25, -0.2) is 4.39 Å². The Morgan fingerprint density at radius 3 is 2.70 bits per heavy atom. The van der Waals surface area contributed by atoms with E-state index in [-0.39, 0.29) is 17.4 Å². The van der Waals surface area contributed by atoms with E-state index in [1.54, 1.807) is 18.2 Å². The van der Waals surface area contributed by atoms with Crippen LogP contribution in [0.4, 0.5) is 10.1 Å². The summed E-state index contributed by atoms with van der Waals surface area (Å²) in [6.07, 6.45) is 3.43. The van der Waals surface area contributed by atoms with E-state index in [1.165, 1.54) is 18.9 Å². The van der Waals surface area contributed by atoms with Crippen molar-refractivity contribution in [3.8, 4) is 0 Å². The van der Waals surface area contributed by atoms with Crippen LogP contribution in [0.2, 0.25) is 0 Å². The van der Waals surface area contributed by atoms with Crippen molar-refractivity contribution in [1.82, 2.24) is 4.90 Å². The number of anilines is 1. The number of nitrogens with one attached hydrogen (secondary N) is 1. The zero-order chi connectivity index (χ0) is 14.5. The van der Waals surface area contributed by atoms with E-state index in [0.29, 0.717) is 18.5 Å². The van der Waals surface area contributed by atoms with Gasteiger partial charge in [0.15, 0.2) is 0 Å². The molecule has 1 amide bonds. The summed E-state index contributed by atoms with van der Waals surface area (Å²) in [5.41, 5.74) is 0.261. The van der Waals surface area contributed by atoms with E-state index in [0.717, 1.165) is 13.0 Å². The Morgan fingerprint density at radius 2 is 2.10 bits per heavy atom. The minimum absolute atomic E-state index is 0.134. The summed E-state index contributed by atoms with van der Waals surface area (Å²) in [6, 6.07) is 6.82. The maximum Gasteiger partial charge on any atom is 0.238 e. The van der Waals surface area contributed by atoms with Crippen LogP contribution in [0.1, 0.15) is 33.1 Å². The SMILES string of the molecule is CC(C)CCN(CC(=O)Nc1ccccc1F)C1CC1. The average molecular weight is 278 g/mol. The molecule has 0 unspecified atom stereocenters. The van der Waals surface area contributed by atoms with Crippen LogP contribution in [0.5, 0.6) is 0 Å². The number of nitrogens with zero attached hydrogens (tertiary/aromatic N) is 1. The molecular weight excluding hydrogens is 255 g/mol. The molecule has 0 aromatic heterocycles. The summed E-state index contributed by atoms with van der Waals surface area (Å²) in [6.45, 7) is 5.66. The molecule has 1 N–H and O–H groups in total. The molecule has 0 spiro atoms. The van der Waals surface area contributed by atoms with E-state index < -0.39 is 0 Å². The molecule has 2 rings (SSSR count). The van der Waals surface area contributed by atoms with Crippen LogP contribution in [0, 0.1) is 11.7 Å². The van der Waals surface area contributed by atoms with Crippen molar-refractivity contribution in [1.29, 1.82) is 0 Å². The third kappa shape index (κ3) is 4.60. The molecule has 0 aliphatic heterocycles. The zero-order valence-electron chi connectivity index (χ0n) is 12.2. The maximum absolute atomic E-state index is 13.5. The van der Waals surface area contributed by atoms with Crippen LogP contribution in [0.15, 0.2) is 24.3 Å². The van der Waals surface area contributed by atoms with Crippen LogP contribution in [-0.2, 0) is 4.79 Å². The fraction of sp³-hybridized carbons (Fsp3) is 0.562. The molecule has 1 aromatic rings. The van der Waals surface area contributed by atoms with Crippen molar-refractivity contribution in [2.45, 2.75) is 39.2 Å². The first-order chi connectivity index (χ1) is 9.56. The number of rotatable bonds is 7. The van der Waals surface area contributed by atoms with E-state index in [1.807, 2.05) is 0 Å². The Labute approximate surface area is 120 Å². The molecule has 110 valence electrons. The van der Waals surface area contributed by atoms with Gasteiger partial charge in [-0.15, -0.1) is 0 Å². The number of benzene rings is 1. The van der Waals surface area contributed by atoms with Gasteiger partial charge in [0.1, 0.15) is 5.82 Å². The van der Waals surface area contributed by atoms with Crippen molar-refractivity contribution in [3.05, 3.63) is 30.1 Å². The van der Waals surface area contributed by atoms with Gasteiger partial charge in [0.2, 0.25) is 5.91 Å². The second-order valence-electron chi connectivity index (χ2n) is 5.91. The summed E-state index contributed by atoms with van der Waals surface area (Å²) < 4.78 is 13.5. The summed E-state index contributed by atoms with van der Waals surface area (Å²) in [7, 11) is 0. The van der Waals surface area contributed by atoms with Crippen molar-refractivity contribution in [2.75, 3.05) is 18.4 Å². The van der Waals surface area contributed by atoms with Gasteiger partial charge in [-0.3, -0.25) is 9.69 Å². The van der Waals surface area contributed by atoms with Crippen LogP contribution >= 0.6 is 0 Å². The summed E-state index contributed by atoms with van der Waals surface area (Å²) in [4.78, 5) is 14.3. The molecule has 0 heterocycles. The highest BCUT2D eigenvalue weighted by Gasteiger charge is 2.30. The number of para-hydroxylation sites is 1. The Morgan fingerprint density at radius 1 is 1.40 bits per heavy atom. The Bertz CT molecular complexity index is 458. The third-order valence-corrected chi connectivity index (χ3v) is 3.55. The summed E-state index contributed by atoms with van der Waals surface area (Å²) in [5.74, 6) is 0.109. The van der Waals surface area contributed by atoms with E-state index in [2.05, 4.69) is 24.1 Å². The lowest BCUT2D eigenvalue weighted by Gasteiger charge is -2.22. The highest BCUT2D eigenvalue weighted by Crippen LogP contribution is 2.27. The smallest absolute Gasteiger partial charge is 0.238 e. The predicted octanol–water partition coefficient (Wildman–Crippen LogP) is 3.27. The number of hydrogen-bond acceptors (Lipinski definition) is 2. The molecule has 0 radical (unpaired) electrons. The molecule has 3 nitrogen and oxygen atoms in total. The van der Waals surface area contributed by atoms with Crippen LogP contribution < -0.4 is 5.32 Å². The lowest BCUT2D eigenvalue weighted by atomic mass is 10.1. The normalized spacial score (nSPS) is 14.8. The third-order valence-electron chi connectivity index (χ3n) is 3.55. The second-order valence-corrected chi connectivity index (χ2v) is 5.91. The zero-order valence-corrected chi connectivity index (χ0v) is 12.2. The lowest BCUT2D eigenvalue weighted by molar-refractivity contribution is -0.117. The van der Waals surface area contributed by atoms with Crippen LogP contribution in [0.3, 0.4) is 0 Å². The molecule has 20 heavy (non-hydrogen) atoms. The van der Waals surface area contributed by atoms with Gasteiger partial charge in [-0.2, -0.15) is 0 Å². The topological polar surface area (TPSA) is 32.3 Å². The number of carbonyl (C=O) groups is 1. The molecule has 0 atom stereocenters. The van der Waals surface area contributed by atoms with E-state index in [4.69, 9.17) is 0 Å². The van der Waals surface area contributed by atoms with E-state index >= 15 is 0 Å². The first-order valence-corrected chi connectivity index (χ1v) is 7.34. The standard InChI is InChI=1S/C16H23FN2O/c1-12(2)9-10-19(13-7-8-13)11-16(20)18-15-6-4-3-5-14(15)17/h3-6,12-13H,7-11H2,1-2H3,(H,18,20). The lowest BCUT2D eigenvalue weighted by Crippen LogP contribution is -2.36. The molecule has 1 aliphatic carbocycles. The largest absolute Gasteiger partial charge is 0.322 e. The molecule has 0 bridgehead atoms. The van der Waals surface area contributed by atoms with Gasteiger partial charge in [-0.05, 0) is 43.9 Å². The Kier molecular flexibility index (Phi) is 5.12. The van der Waals surface area contributed by atoms with Gasteiger partial charge in [0.05, 0.1) is 12.2 Å². The van der Waals surface area contributed by atoms with Crippen molar-refractivity contribution < 1.29 is 9.18 Å². The fourth-order valence-electron chi connectivity index (χ4n) is 2.19. The van der Waals surface area contributed by atoms with Gasteiger partial charge in [0.25, 0.3) is 0 Å². The van der Waals surface area contributed by atoms with Crippen LogP contribution in [0.25, 0.3) is 0 Å². The molecule has 1 fully saturated rings. The average Bonchev–Trinajstić information content (AvgIpc) is 3.21. The van der Waals surface area contributed by atoms with Crippen molar-refractivity contribution in [3.63, 3.8) is 0 Å². The van der Waals surface area contributed by atoms with Gasteiger partial charge in [0, 0.05) is 6.04 Å². The van der Waals surface area contributed by atoms with Gasteiger partial charge < -0.3 is 5.32 Å². The number of carbonyl (C=O) groups excluding carboxylic acids is 1. The Hall–Kier alpha value is -1.42. The minimum Gasteiger partial charge on any atom is -0.322 e. The highest BCUT2D eigenvalue weighted by atomic mass is 19.1. The minimum atomic E-state index is -0.388. The predicted molar refractivity (Wildman–Crippen MR) is 79.1 cm³/mol. The summed E-state index contributed by atoms with van der Waals surface area (Å²) in [5, 5.41) is 2.66. The second kappa shape index (κ2) is 6.84. The monoisotopic (exact) mass is 278 g/mol. The Balaban J connectivity index is 1.87. The van der Waals surface area contributed by atoms with Gasteiger partial charge >= 0.3 is 0 Å². The molecule has 0 saturated heterocycles. The molecule has 1 saturated carbocycles. The van der Waals surface area contributed by atoms with Gasteiger partial charge in [-0.1, -0.05) is 26.0 Å². The highest BCUT2D eigenvalue weighted by molar-refractivity contribution is 5.92. The maximum atomic E-state index is 13.5.